The lowest BCUT2D eigenvalue weighted by Gasteiger charge is -2.09. The fourth-order valence-corrected chi connectivity index (χ4v) is 1.75. The van der Waals surface area contributed by atoms with Crippen LogP contribution >= 0.6 is 0 Å². The van der Waals surface area contributed by atoms with Crippen molar-refractivity contribution in [3.05, 3.63) is 59.7 Å². The Hall–Kier alpha value is -1.78. The number of hydrogen-bond donors (Lipinski definition) is 2. The number of ether oxygens (including phenoxy) is 1. The molecule has 3 nitrogen and oxygen atoms in total. The van der Waals surface area contributed by atoms with Crippen LogP contribution in [0.5, 0.6) is 5.75 Å². The van der Waals surface area contributed by atoms with E-state index in [1.807, 2.05) is 43.3 Å². The zero-order chi connectivity index (χ0) is 13.0. The Bertz CT molecular complexity index is 512. The van der Waals surface area contributed by atoms with Crippen molar-refractivity contribution in [2.24, 2.45) is 0 Å². The van der Waals surface area contributed by atoms with Gasteiger partial charge in [-0.15, -0.1) is 0 Å². The van der Waals surface area contributed by atoms with E-state index in [-0.39, 0.29) is 0 Å². The van der Waals surface area contributed by atoms with Gasteiger partial charge < -0.3 is 14.8 Å². The van der Waals surface area contributed by atoms with E-state index in [1.165, 1.54) is 0 Å². The average molecular weight is 242 g/mol. The van der Waals surface area contributed by atoms with Crippen molar-refractivity contribution in [2.45, 2.75) is 13.5 Å². The summed E-state index contributed by atoms with van der Waals surface area (Å²) in [6, 6.07) is 15.1. The summed E-state index contributed by atoms with van der Waals surface area (Å²) < 4.78 is 5.64. The first-order valence-electron chi connectivity index (χ1n) is 5.79. The van der Waals surface area contributed by atoms with Crippen molar-refractivity contribution in [3.8, 4) is 5.75 Å². The number of benzene rings is 2. The van der Waals surface area contributed by atoms with E-state index in [2.05, 4.69) is 0 Å². The van der Waals surface area contributed by atoms with Gasteiger partial charge in [0.25, 0.3) is 0 Å². The molecular weight excluding hydrogens is 227 g/mol. The summed E-state index contributed by atoms with van der Waals surface area (Å²) in [5, 5.41) is 18.3. The van der Waals surface area contributed by atoms with Gasteiger partial charge in [-0.3, -0.25) is 0 Å². The highest BCUT2D eigenvalue weighted by Gasteiger charge is 2.12. The van der Waals surface area contributed by atoms with Crippen molar-refractivity contribution >= 4 is 12.6 Å². The van der Waals surface area contributed by atoms with Crippen LogP contribution in [-0.4, -0.2) is 17.2 Å². The maximum atomic E-state index is 9.16. The van der Waals surface area contributed by atoms with Gasteiger partial charge >= 0.3 is 7.12 Å². The summed E-state index contributed by atoms with van der Waals surface area (Å²) in [6.45, 7) is 2.35. The molecule has 92 valence electrons. The molecule has 0 spiro atoms. The third kappa shape index (κ3) is 3.36. The predicted molar refractivity (Wildman–Crippen MR) is 71.8 cm³/mol. The van der Waals surface area contributed by atoms with Gasteiger partial charge in [0.05, 0.1) is 0 Å². The summed E-state index contributed by atoms with van der Waals surface area (Å²) in [5.74, 6) is 0.641. The van der Waals surface area contributed by atoms with Crippen LogP contribution in [0.4, 0.5) is 0 Å². The molecule has 0 fully saturated rings. The first kappa shape index (κ1) is 12.7. The number of rotatable bonds is 4. The molecular formula is C14H15BO3. The van der Waals surface area contributed by atoms with Crippen LogP contribution in [-0.2, 0) is 6.61 Å². The van der Waals surface area contributed by atoms with Crippen molar-refractivity contribution < 1.29 is 14.8 Å². The topological polar surface area (TPSA) is 49.7 Å². The van der Waals surface area contributed by atoms with Gasteiger partial charge in [-0.2, -0.15) is 0 Å². The molecule has 0 bridgehead atoms. The van der Waals surface area contributed by atoms with Crippen molar-refractivity contribution in [3.63, 3.8) is 0 Å². The molecule has 2 aromatic carbocycles. The molecule has 0 unspecified atom stereocenters. The van der Waals surface area contributed by atoms with Gasteiger partial charge in [0.2, 0.25) is 0 Å². The molecule has 0 aliphatic rings. The van der Waals surface area contributed by atoms with Crippen LogP contribution < -0.4 is 10.2 Å². The largest absolute Gasteiger partial charge is 0.489 e. The average Bonchev–Trinajstić information content (AvgIpc) is 2.37. The minimum absolute atomic E-state index is 0.443. The van der Waals surface area contributed by atoms with Crippen LogP contribution in [0, 0.1) is 6.92 Å². The van der Waals surface area contributed by atoms with Gasteiger partial charge in [-0.05, 0) is 35.6 Å². The highest BCUT2D eigenvalue weighted by atomic mass is 16.5. The maximum Gasteiger partial charge on any atom is 0.488 e. The van der Waals surface area contributed by atoms with E-state index in [4.69, 9.17) is 14.8 Å². The Balaban J connectivity index is 2.10. The summed E-state index contributed by atoms with van der Waals surface area (Å²) in [4.78, 5) is 0. The van der Waals surface area contributed by atoms with E-state index in [0.717, 1.165) is 11.1 Å². The first-order valence-corrected chi connectivity index (χ1v) is 5.79. The monoisotopic (exact) mass is 242 g/mol. The highest BCUT2D eigenvalue weighted by molar-refractivity contribution is 6.58. The Morgan fingerprint density at radius 3 is 2.44 bits per heavy atom. The molecule has 0 aliphatic heterocycles. The van der Waals surface area contributed by atoms with Crippen LogP contribution in [0.15, 0.2) is 48.5 Å². The SMILES string of the molecule is Cc1cc(OCc2ccccc2)cc(B(O)O)c1. The minimum atomic E-state index is -1.47. The molecule has 2 aromatic rings. The first-order chi connectivity index (χ1) is 8.65. The van der Waals surface area contributed by atoms with E-state index >= 15 is 0 Å². The third-order valence-corrected chi connectivity index (χ3v) is 2.62. The van der Waals surface area contributed by atoms with Gasteiger partial charge in [0, 0.05) is 0 Å². The zero-order valence-electron chi connectivity index (χ0n) is 10.2. The molecule has 2 N–H and O–H groups in total. The maximum absolute atomic E-state index is 9.16. The molecule has 18 heavy (non-hydrogen) atoms. The lowest BCUT2D eigenvalue weighted by Crippen LogP contribution is -2.30. The minimum Gasteiger partial charge on any atom is -0.489 e. The number of aryl methyl sites for hydroxylation is 1. The molecule has 0 heterocycles. The standard InChI is InChI=1S/C14H15BO3/c1-11-7-13(15(16)17)9-14(8-11)18-10-12-5-3-2-4-6-12/h2-9,16-17H,10H2,1H3. The second-order valence-corrected chi connectivity index (χ2v) is 4.23. The Kier molecular flexibility index (Phi) is 4.02. The normalized spacial score (nSPS) is 10.2. The van der Waals surface area contributed by atoms with Crippen LogP contribution in [0.3, 0.4) is 0 Å². The van der Waals surface area contributed by atoms with Crippen LogP contribution in [0.2, 0.25) is 0 Å². The lowest BCUT2D eigenvalue weighted by atomic mass is 9.79. The summed E-state index contributed by atoms with van der Waals surface area (Å²) in [5.41, 5.74) is 2.45. The summed E-state index contributed by atoms with van der Waals surface area (Å²) in [6.07, 6.45) is 0. The molecule has 0 amide bonds. The molecule has 2 rings (SSSR count). The van der Waals surface area contributed by atoms with Crippen LogP contribution in [0.1, 0.15) is 11.1 Å². The summed E-state index contributed by atoms with van der Waals surface area (Å²) >= 11 is 0. The molecule has 0 saturated heterocycles. The molecule has 0 aliphatic carbocycles. The van der Waals surface area contributed by atoms with Crippen molar-refractivity contribution in [1.82, 2.24) is 0 Å². The Labute approximate surface area is 107 Å². The Morgan fingerprint density at radius 1 is 1.06 bits per heavy atom. The van der Waals surface area contributed by atoms with Gasteiger partial charge in [-0.25, -0.2) is 0 Å². The molecule has 0 aromatic heterocycles. The van der Waals surface area contributed by atoms with Gasteiger partial charge in [0.1, 0.15) is 12.4 Å². The van der Waals surface area contributed by atoms with E-state index < -0.39 is 7.12 Å². The fraction of sp³-hybridized carbons (Fsp3) is 0.143. The zero-order valence-corrected chi connectivity index (χ0v) is 10.2. The molecule has 4 heteroatoms. The number of hydrogen-bond acceptors (Lipinski definition) is 3. The van der Waals surface area contributed by atoms with Gasteiger partial charge in [0.15, 0.2) is 0 Å². The summed E-state index contributed by atoms with van der Waals surface area (Å²) in [7, 11) is -1.47. The second kappa shape index (κ2) is 5.71. The molecule has 0 radical (unpaired) electrons. The smallest absolute Gasteiger partial charge is 0.488 e. The second-order valence-electron chi connectivity index (χ2n) is 4.23. The Morgan fingerprint density at radius 2 is 1.78 bits per heavy atom. The van der Waals surface area contributed by atoms with E-state index in [0.29, 0.717) is 17.8 Å². The van der Waals surface area contributed by atoms with Crippen molar-refractivity contribution in [1.29, 1.82) is 0 Å². The van der Waals surface area contributed by atoms with E-state index in [9.17, 15) is 0 Å². The lowest BCUT2D eigenvalue weighted by molar-refractivity contribution is 0.306. The van der Waals surface area contributed by atoms with E-state index in [1.54, 1.807) is 12.1 Å². The molecule has 0 saturated carbocycles. The quantitative estimate of drug-likeness (QED) is 0.793. The predicted octanol–water partition coefficient (Wildman–Crippen LogP) is 1.25. The highest BCUT2D eigenvalue weighted by Crippen LogP contribution is 2.13. The third-order valence-electron chi connectivity index (χ3n) is 2.62. The van der Waals surface area contributed by atoms with Crippen LogP contribution in [0.25, 0.3) is 0 Å². The van der Waals surface area contributed by atoms with Crippen molar-refractivity contribution in [2.75, 3.05) is 0 Å². The molecule has 0 atom stereocenters. The fourth-order valence-electron chi connectivity index (χ4n) is 1.75. The van der Waals surface area contributed by atoms with Gasteiger partial charge in [-0.1, -0.05) is 36.4 Å².